The number of hydrogen-bond donors (Lipinski definition) is 1. The van der Waals surface area contributed by atoms with Gasteiger partial charge in [-0.2, -0.15) is 0 Å². The van der Waals surface area contributed by atoms with Crippen LogP contribution in [0, 0.1) is 0 Å². The van der Waals surface area contributed by atoms with Gasteiger partial charge in [0.15, 0.2) is 0 Å². The fourth-order valence-corrected chi connectivity index (χ4v) is 2.59. The van der Waals surface area contributed by atoms with Gasteiger partial charge in [0.05, 0.1) is 18.2 Å². The number of benzene rings is 3. The number of para-hydroxylation sites is 1. The largest absolute Gasteiger partial charge is 0.497 e. The highest BCUT2D eigenvalue weighted by Gasteiger charge is 2.17. The van der Waals surface area contributed by atoms with Gasteiger partial charge in [-0.05, 0) is 35.9 Å². The molecule has 0 saturated heterocycles. The van der Waals surface area contributed by atoms with Crippen molar-refractivity contribution in [3.8, 4) is 22.6 Å². The van der Waals surface area contributed by atoms with Gasteiger partial charge in [0.25, 0.3) is 0 Å². The molecule has 0 aliphatic carbocycles. The molecule has 5 heteroatoms. The number of ether oxygens (including phenoxy) is 2. The van der Waals surface area contributed by atoms with Crippen molar-refractivity contribution in [3.05, 3.63) is 83.9 Å². The van der Waals surface area contributed by atoms with Gasteiger partial charge in [-0.1, -0.05) is 42.5 Å². The van der Waals surface area contributed by atoms with Crippen LogP contribution >= 0.6 is 0 Å². The van der Waals surface area contributed by atoms with Gasteiger partial charge in [-0.25, -0.2) is 9.59 Å². The lowest BCUT2D eigenvalue weighted by molar-refractivity contribution is 0.0696. The van der Waals surface area contributed by atoms with E-state index in [-0.39, 0.29) is 11.3 Å². The van der Waals surface area contributed by atoms with E-state index in [0.717, 1.165) is 0 Å². The molecule has 0 aliphatic rings. The van der Waals surface area contributed by atoms with Gasteiger partial charge in [0, 0.05) is 5.56 Å². The minimum Gasteiger partial charge on any atom is -0.497 e. The fraction of sp³-hybridized carbons (Fsp3) is 0.0476. The summed E-state index contributed by atoms with van der Waals surface area (Å²) >= 11 is 0. The minimum atomic E-state index is -1.05. The van der Waals surface area contributed by atoms with Gasteiger partial charge in [-0.3, -0.25) is 0 Å². The molecule has 0 amide bonds. The summed E-state index contributed by atoms with van der Waals surface area (Å²) in [6, 6.07) is 20.0. The molecule has 0 saturated carbocycles. The highest BCUT2D eigenvalue weighted by molar-refractivity contribution is 5.98. The molecule has 0 atom stereocenters. The molecule has 1 N–H and O–H groups in total. The Hall–Kier alpha value is -3.60. The number of carboxylic acids is 1. The smallest absolute Gasteiger partial charge is 0.343 e. The van der Waals surface area contributed by atoms with Crippen LogP contribution in [-0.2, 0) is 0 Å². The summed E-state index contributed by atoms with van der Waals surface area (Å²) in [5.74, 6) is -0.767. The molecule has 26 heavy (non-hydrogen) atoms. The first-order valence-electron chi connectivity index (χ1n) is 7.88. The van der Waals surface area contributed by atoms with Crippen LogP contribution in [0.25, 0.3) is 11.1 Å². The Balaban J connectivity index is 1.98. The third-order valence-corrected chi connectivity index (χ3v) is 3.84. The zero-order valence-corrected chi connectivity index (χ0v) is 14.0. The van der Waals surface area contributed by atoms with E-state index in [4.69, 9.17) is 9.47 Å². The molecule has 3 aromatic rings. The van der Waals surface area contributed by atoms with Crippen LogP contribution in [-0.4, -0.2) is 24.2 Å². The van der Waals surface area contributed by atoms with E-state index in [2.05, 4.69) is 0 Å². The Morgan fingerprint density at radius 2 is 1.54 bits per heavy atom. The summed E-state index contributed by atoms with van der Waals surface area (Å²) in [6.45, 7) is 0. The van der Waals surface area contributed by atoms with E-state index in [9.17, 15) is 14.7 Å². The maximum Gasteiger partial charge on any atom is 0.343 e. The molecule has 0 aromatic heterocycles. The summed E-state index contributed by atoms with van der Waals surface area (Å²) in [5, 5.41) is 9.41. The van der Waals surface area contributed by atoms with E-state index in [1.165, 1.54) is 13.2 Å². The summed E-state index contributed by atoms with van der Waals surface area (Å²) in [6.07, 6.45) is 0. The molecule has 0 radical (unpaired) electrons. The Kier molecular flexibility index (Phi) is 4.99. The van der Waals surface area contributed by atoms with Gasteiger partial charge >= 0.3 is 11.9 Å². The van der Waals surface area contributed by atoms with E-state index >= 15 is 0 Å². The van der Waals surface area contributed by atoms with E-state index in [0.29, 0.717) is 22.4 Å². The van der Waals surface area contributed by atoms with Crippen molar-refractivity contribution in [2.45, 2.75) is 0 Å². The number of rotatable bonds is 5. The van der Waals surface area contributed by atoms with Crippen molar-refractivity contribution >= 4 is 11.9 Å². The number of methoxy groups -OCH3 is 1. The molecule has 0 spiro atoms. The van der Waals surface area contributed by atoms with Crippen molar-refractivity contribution < 1.29 is 24.2 Å². The van der Waals surface area contributed by atoms with Crippen molar-refractivity contribution in [2.24, 2.45) is 0 Å². The van der Waals surface area contributed by atoms with Crippen LogP contribution < -0.4 is 9.47 Å². The Morgan fingerprint density at radius 1 is 0.846 bits per heavy atom. The monoisotopic (exact) mass is 348 g/mol. The number of carboxylic acid groups (broad SMARTS) is 1. The molecule has 130 valence electrons. The first kappa shape index (κ1) is 17.2. The van der Waals surface area contributed by atoms with Crippen molar-refractivity contribution in [1.29, 1.82) is 0 Å². The van der Waals surface area contributed by atoms with Crippen LogP contribution in [0.5, 0.6) is 11.5 Å². The lowest BCUT2D eigenvalue weighted by atomic mass is 9.99. The average Bonchev–Trinajstić information content (AvgIpc) is 2.68. The van der Waals surface area contributed by atoms with Crippen molar-refractivity contribution in [2.75, 3.05) is 7.11 Å². The molecule has 3 rings (SSSR count). The molecule has 0 unspecified atom stereocenters. The summed E-state index contributed by atoms with van der Waals surface area (Å²) in [4.78, 5) is 24.0. The summed E-state index contributed by atoms with van der Waals surface area (Å²) in [7, 11) is 1.52. The number of aromatic carboxylic acids is 1. The highest BCUT2D eigenvalue weighted by Crippen LogP contribution is 2.33. The maximum atomic E-state index is 12.5. The molecule has 0 aliphatic heterocycles. The molecular formula is C21H16O5. The number of hydrogen-bond acceptors (Lipinski definition) is 4. The standard InChI is InChI=1S/C21H16O5/c1-25-15-8-6-7-14(13-15)21(24)26-19-12-5-4-10-17(19)16-9-2-3-11-18(16)20(22)23/h2-13H,1H3,(H,22,23). The van der Waals surface area contributed by atoms with Gasteiger partial charge in [0.2, 0.25) is 0 Å². The second-order valence-electron chi connectivity index (χ2n) is 5.47. The van der Waals surface area contributed by atoms with Crippen LogP contribution in [0.3, 0.4) is 0 Å². The van der Waals surface area contributed by atoms with E-state index in [1.54, 1.807) is 66.7 Å². The van der Waals surface area contributed by atoms with Crippen LogP contribution in [0.1, 0.15) is 20.7 Å². The molecule has 5 nitrogen and oxygen atoms in total. The normalized spacial score (nSPS) is 10.2. The quantitative estimate of drug-likeness (QED) is 0.550. The SMILES string of the molecule is COc1cccc(C(=O)Oc2ccccc2-c2ccccc2C(=O)O)c1. The summed E-state index contributed by atoms with van der Waals surface area (Å²) < 4.78 is 10.7. The average molecular weight is 348 g/mol. The topological polar surface area (TPSA) is 72.8 Å². The third-order valence-electron chi connectivity index (χ3n) is 3.84. The molecule has 0 heterocycles. The maximum absolute atomic E-state index is 12.5. The number of carbonyl (C=O) groups excluding carboxylic acids is 1. The number of esters is 1. The molecule has 0 fully saturated rings. The molecule has 3 aromatic carbocycles. The van der Waals surface area contributed by atoms with E-state index in [1.807, 2.05) is 0 Å². The van der Waals surface area contributed by atoms with Gasteiger partial charge < -0.3 is 14.6 Å². The molecular weight excluding hydrogens is 332 g/mol. The fourth-order valence-electron chi connectivity index (χ4n) is 2.59. The zero-order valence-electron chi connectivity index (χ0n) is 14.0. The first-order chi connectivity index (χ1) is 12.6. The van der Waals surface area contributed by atoms with Gasteiger partial charge in [0.1, 0.15) is 11.5 Å². The highest BCUT2D eigenvalue weighted by atomic mass is 16.5. The number of carbonyl (C=O) groups is 2. The lowest BCUT2D eigenvalue weighted by Gasteiger charge is -2.12. The Morgan fingerprint density at radius 3 is 2.27 bits per heavy atom. The van der Waals surface area contributed by atoms with Crippen LogP contribution in [0.2, 0.25) is 0 Å². The van der Waals surface area contributed by atoms with Crippen molar-refractivity contribution in [3.63, 3.8) is 0 Å². The van der Waals surface area contributed by atoms with Gasteiger partial charge in [-0.15, -0.1) is 0 Å². The first-order valence-corrected chi connectivity index (χ1v) is 7.88. The lowest BCUT2D eigenvalue weighted by Crippen LogP contribution is -2.09. The van der Waals surface area contributed by atoms with E-state index < -0.39 is 11.9 Å². The minimum absolute atomic E-state index is 0.136. The predicted molar refractivity (Wildman–Crippen MR) is 96.8 cm³/mol. The third kappa shape index (κ3) is 3.57. The Labute approximate surface area is 150 Å². The van der Waals surface area contributed by atoms with Crippen LogP contribution in [0.15, 0.2) is 72.8 Å². The zero-order chi connectivity index (χ0) is 18.5. The Bertz CT molecular complexity index is 962. The van der Waals surface area contributed by atoms with Crippen LogP contribution in [0.4, 0.5) is 0 Å². The second kappa shape index (κ2) is 7.53. The molecule has 0 bridgehead atoms. The predicted octanol–water partition coefficient (Wildman–Crippen LogP) is 4.28. The summed E-state index contributed by atoms with van der Waals surface area (Å²) in [5.41, 5.74) is 1.49. The second-order valence-corrected chi connectivity index (χ2v) is 5.47. The van der Waals surface area contributed by atoms with Crippen molar-refractivity contribution in [1.82, 2.24) is 0 Å².